The Labute approximate surface area is 139 Å². The molecule has 4 saturated carbocycles. The Kier molecular flexibility index (Phi) is 5.56. The van der Waals surface area contributed by atoms with E-state index in [1.807, 2.05) is 0 Å². The zero-order chi connectivity index (χ0) is 15.5. The molecule has 0 heterocycles. The van der Waals surface area contributed by atoms with E-state index in [0.717, 1.165) is 22.7 Å². The van der Waals surface area contributed by atoms with Crippen LogP contribution in [-0.2, 0) is 0 Å². The van der Waals surface area contributed by atoms with Crippen LogP contribution in [0.4, 0.5) is 0 Å². The van der Waals surface area contributed by atoms with E-state index in [4.69, 9.17) is 0 Å². The Hall–Kier alpha value is 0. The molecule has 0 amide bonds. The van der Waals surface area contributed by atoms with Gasteiger partial charge in [-0.2, -0.15) is 0 Å². The van der Waals surface area contributed by atoms with E-state index < -0.39 is 0 Å². The molecule has 22 heavy (non-hydrogen) atoms. The van der Waals surface area contributed by atoms with E-state index in [1.54, 1.807) is 70.6 Å². The zero-order valence-corrected chi connectivity index (χ0v) is 15.5. The summed E-state index contributed by atoms with van der Waals surface area (Å²) < 4.78 is 0. The number of unbranched alkanes of at least 4 members (excludes halogenated alkanes) is 2. The van der Waals surface area contributed by atoms with Crippen LogP contribution in [0.1, 0.15) is 117 Å². The fourth-order valence-corrected chi connectivity index (χ4v) is 6.50. The second-order valence-electron chi connectivity index (χ2n) is 9.33. The van der Waals surface area contributed by atoms with Crippen LogP contribution in [0.5, 0.6) is 0 Å². The number of fused-ring (bicyclic) bond motifs is 3. The first-order valence-corrected chi connectivity index (χ1v) is 10.7. The van der Waals surface area contributed by atoms with E-state index in [0.29, 0.717) is 0 Å². The number of hydrogen-bond donors (Lipinski definition) is 0. The van der Waals surface area contributed by atoms with Crippen molar-refractivity contribution in [1.29, 1.82) is 0 Å². The number of hydrogen-bond acceptors (Lipinski definition) is 0. The smallest absolute Gasteiger partial charge is 0.0269 e. The van der Waals surface area contributed by atoms with Crippen LogP contribution in [0, 0.1) is 22.7 Å². The molecule has 0 N–H and O–H groups in total. The van der Waals surface area contributed by atoms with Crippen LogP contribution in [0.15, 0.2) is 0 Å². The third kappa shape index (κ3) is 3.41. The third-order valence-corrected chi connectivity index (χ3v) is 8.18. The lowest BCUT2D eigenvalue weighted by Gasteiger charge is -2.58. The van der Waals surface area contributed by atoms with Gasteiger partial charge in [0.1, 0.15) is 0 Å². The quantitative estimate of drug-likeness (QED) is 0.427. The molecule has 0 unspecified atom stereocenters. The van der Waals surface area contributed by atoms with Gasteiger partial charge in [0.05, 0.1) is 0 Å². The lowest BCUT2D eigenvalue weighted by Crippen LogP contribution is -2.46. The summed E-state index contributed by atoms with van der Waals surface area (Å²) in [5.41, 5.74) is 1.61. The molecule has 4 aliphatic rings. The first kappa shape index (κ1) is 16.8. The van der Waals surface area contributed by atoms with Gasteiger partial charge in [-0.3, -0.25) is 0 Å². The van der Waals surface area contributed by atoms with E-state index in [1.165, 1.54) is 32.1 Å². The van der Waals surface area contributed by atoms with E-state index in [9.17, 15) is 0 Å². The highest BCUT2D eigenvalue weighted by molar-refractivity contribution is 5.02. The van der Waals surface area contributed by atoms with Crippen LogP contribution in [0.2, 0.25) is 0 Å². The zero-order valence-electron chi connectivity index (χ0n) is 15.5. The number of rotatable bonds is 7. The molecule has 4 rings (SSSR count). The minimum absolute atomic E-state index is 0.802. The van der Waals surface area contributed by atoms with Crippen LogP contribution in [0.3, 0.4) is 0 Å². The van der Waals surface area contributed by atoms with Gasteiger partial charge >= 0.3 is 0 Å². The molecule has 0 nitrogen and oxygen atoms in total. The van der Waals surface area contributed by atoms with Crippen LogP contribution >= 0.6 is 0 Å². The largest absolute Gasteiger partial charge is 0.0654 e. The van der Waals surface area contributed by atoms with Crippen molar-refractivity contribution in [3.63, 3.8) is 0 Å². The second-order valence-corrected chi connectivity index (χ2v) is 9.33. The third-order valence-electron chi connectivity index (χ3n) is 8.18. The lowest BCUT2D eigenvalue weighted by molar-refractivity contribution is -0.0654. The molecular weight excluding hydrogens is 264 g/mol. The van der Waals surface area contributed by atoms with Crippen molar-refractivity contribution in [3.05, 3.63) is 0 Å². The topological polar surface area (TPSA) is 0 Å². The molecule has 0 saturated heterocycles. The molecule has 2 bridgehead atoms. The van der Waals surface area contributed by atoms with Gasteiger partial charge in [0.2, 0.25) is 0 Å². The minimum Gasteiger partial charge on any atom is -0.0654 e. The summed E-state index contributed by atoms with van der Waals surface area (Å²) in [6, 6.07) is 0. The van der Waals surface area contributed by atoms with Crippen molar-refractivity contribution >= 4 is 0 Å². The maximum absolute atomic E-state index is 2.37. The minimum atomic E-state index is 0.802. The van der Waals surface area contributed by atoms with Gasteiger partial charge in [0, 0.05) is 0 Å². The average Bonchev–Trinajstić information content (AvgIpc) is 2.58. The Morgan fingerprint density at radius 2 is 1.36 bits per heavy atom. The Morgan fingerprint density at radius 1 is 0.727 bits per heavy atom. The SMILES string of the molecule is CCCCCC12CCC([C@H]3CC[C@H](CCC)CC3)(CC1)CC2. The van der Waals surface area contributed by atoms with E-state index in [-0.39, 0.29) is 0 Å². The highest BCUT2D eigenvalue weighted by Crippen LogP contribution is 2.63. The van der Waals surface area contributed by atoms with Gasteiger partial charge < -0.3 is 0 Å². The Bertz CT molecular complexity index is 309. The summed E-state index contributed by atoms with van der Waals surface area (Å²) in [7, 11) is 0. The average molecular weight is 305 g/mol. The first-order valence-electron chi connectivity index (χ1n) is 10.7. The highest BCUT2D eigenvalue weighted by Gasteiger charge is 2.51. The maximum Gasteiger partial charge on any atom is -0.0269 e. The lowest BCUT2D eigenvalue weighted by atomic mass is 9.47. The van der Waals surface area contributed by atoms with Gasteiger partial charge in [-0.1, -0.05) is 58.8 Å². The van der Waals surface area contributed by atoms with Crippen molar-refractivity contribution in [2.45, 2.75) is 117 Å². The fraction of sp³-hybridized carbons (Fsp3) is 1.00. The normalized spacial score (nSPS) is 41.7. The summed E-state index contributed by atoms with van der Waals surface area (Å²) in [5, 5.41) is 0. The molecule has 0 radical (unpaired) electrons. The monoisotopic (exact) mass is 304 g/mol. The summed E-state index contributed by atoms with van der Waals surface area (Å²) in [5.74, 6) is 2.19. The predicted octanol–water partition coefficient (Wildman–Crippen LogP) is 7.51. The Balaban J connectivity index is 1.51. The van der Waals surface area contributed by atoms with E-state index in [2.05, 4.69) is 13.8 Å². The summed E-state index contributed by atoms with van der Waals surface area (Å²) >= 11 is 0. The standard InChI is InChI=1S/C22H40/c1-3-5-6-12-21-13-16-22(17-14-21,18-15-21)20-10-8-19(7-4-2)9-11-20/h19-20H,3-18H2,1-2H3/t19-,20-,21?,22?. The van der Waals surface area contributed by atoms with Gasteiger partial charge in [0.25, 0.3) is 0 Å². The molecule has 0 aromatic rings. The summed E-state index contributed by atoms with van der Waals surface area (Å²) in [6.45, 7) is 4.71. The van der Waals surface area contributed by atoms with Gasteiger partial charge in [-0.05, 0) is 80.5 Å². The molecule has 128 valence electrons. The molecule has 0 spiro atoms. The highest BCUT2D eigenvalue weighted by atomic mass is 14.6. The molecule has 4 fully saturated rings. The molecular formula is C22H40. The van der Waals surface area contributed by atoms with Gasteiger partial charge in [0.15, 0.2) is 0 Å². The van der Waals surface area contributed by atoms with Crippen molar-refractivity contribution in [1.82, 2.24) is 0 Å². The van der Waals surface area contributed by atoms with Gasteiger partial charge in [-0.25, -0.2) is 0 Å². The summed E-state index contributed by atoms with van der Waals surface area (Å²) in [6.07, 6.45) is 24.7. The molecule has 0 heteroatoms. The molecule has 0 aromatic heterocycles. The maximum atomic E-state index is 2.37. The molecule has 0 atom stereocenters. The first-order chi connectivity index (χ1) is 10.7. The van der Waals surface area contributed by atoms with E-state index >= 15 is 0 Å². The summed E-state index contributed by atoms with van der Waals surface area (Å²) in [4.78, 5) is 0. The molecule has 0 aromatic carbocycles. The Morgan fingerprint density at radius 3 is 1.91 bits per heavy atom. The van der Waals surface area contributed by atoms with Crippen molar-refractivity contribution in [3.8, 4) is 0 Å². The van der Waals surface area contributed by atoms with Crippen LogP contribution in [-0.4, -0.2) is 0 Å². The van der Waals surface area contributed by atoms with Crippen molar-refractivity contribution in [2.75, 3.05) is 0 Å². The van der Waals surface area contributed by atoms with Crippen molar-refractivity contribution in [2.24, 2.45) is 22.7 Å². The van der Waals surface area contributed by atoms with Crippen molar-refractivity contribution < 1.29 is 0 Å². The molecule has 4 aliphatic carbocycles. The second kappa shape index (κ2) is 7.27. The van der Waals surface area contributed by atoms with Gasteiger partial charge in [-0.15, -0.1) is 0 Å². The molecule has 0 aliphatic heterocycles. The fourth-order valence-electron chi connectivity index (χ4n) is 6.50. The van der Waals surface area contributed by atoms with Crippen LogP contribution in [0.25, 0.3) is 0 Å². The van der Waals surface area contributed by atoms with Crippen LogP contribution < -0.4 is 0 Å². The predicted molar refractivity (Wildman–Crippen MR) is 97.1 cm³/mol.